The van der Waals surface area contributed by atoms with Crippen LogP contribution < -0.4 is 0 Å². The number of oxime groups is 1. The highest BCUT2D eigenvalue weighted by molar-refractivity contribution is 6.69. The molecule has 3 nitrogen and oxygen atoms in total. The summed E-state index contributed by atoms with van der Waals surface area (Å²) in [6.45, 7) is 9.32. The van der Waals surface area contributed by atoms with Gasteiger partial charge in [-0.15, -0.1) is 6.42 Å². The summed E-state index contributed by atoms with van der Waals surface area (Å²) in [6, 6.07) is 0. The van der Waals surface area contributed by atoms with E-state index in [1.165, 1.54) is 38.5 Å². The Labute approximate surface area is 172 Å². The molecule has 0 N–H and O–H groups in total. The molecule has 0 aromatic heterocycles. The van der Waals surface area contributed by atoms with Crippen molar-refractivity contribution < 1.29 is 9.26 Å². The topological polar surface area (TPSA) is 30.8 Å². The van der Waals surface area contributed by atoms with Gasteiger partial charge in [-0.3, -0.25) is 0 Å². The van der Waals surface area contributed by atoms with Crippen molar-refractivity contribution in [2.75, 3.05) is 7.11 Å². The molecule has 1 unspecified atom stereocenters. The van der Waals surface area contributed by atoms with Crippen LogP contribution in [0.3, 0.4) is 0 Å². The SMILES string of the molecule is C#CC1(O[Si](C)(C)C)CC[C@H]2[C@@H]3CCC4=C/C(=N\OC)CC[C@@H]4[C@H]3CC[C@@]21C. The van der Waals surface area contributed by atoms with Crippen LogP contribution >= 0.6 is 0 Å². The van der Waals surface area contributed by atoms with Gasteiger partial charge < -0.3 is 9.26 Å². The second kappa shape index (κ2) is 7.02. The van der Waals surface area contributed by atoms with Crippen molar-refractivity contribution in [3.05, 3.63) is 11.6 Å². The number of fused-ring (bicyclic) bond motifs is 5. The molecular weight excluding hydrogens is 362 g/mol. The largest absolute Gasteiger partial charge is 0.401 e. The summed E-state index contributed by atoms with van der Waals surface area (Å²) in [5, 5.41) is 4.21. The molecule has 4 aliphatic rings. The normalized spacial score (nSPS) is 44.1. The standard InChI is InChI=1S/C24H37NO2Si/c1-7-24(27-28(4,5)6)15-13-22-21-10-8-17-16-18(25-26-3)9-11-19(17)20(21)12-14-23(22,24)2/h1,16,19-22H,8-15H2,2-6H3/b25-18-/t19-,20+,21+,22-,23-,24?/m0/s1. The zero-order valence-electron chi connectivity index (χ0n) is 18.4. The van der Waals surface area contributed by atoms with Crippen LogP contribution in [0.4, 0.5) is 0 Å². The lowest BCUT2D eigenvalue weighted by molar-refractivity contribution is -0.0765. The van der Waals surface area contributed by atoms with E-state index in [9.17, 15) is 0 Å². The minimum atomic E-state index is -1.70. The highest BCUT2D eigenvalue weighted by Gasteiger charge is 2.63. The average molecular weight is 400 g/mol. The quantitative estimate of drug-likeness (QED) is 0.342. The second-order valence-electron chi connectivity index (χ2n) is 10.8. The first-order valence-electron chi connectivity index (χ1n) is 11.2. The summed E-state index contributed by atoms with van der Waals surface area (Å²) >= 11 is 0. The number of nitrogens with zero attached hydrogens (tertiary/aromatic N) is 1. The first kappa shape index (κ1) is 20.2. The highest BCUT2D eigenvalue weighted by Crippen LogP contribution is 2.66. The van der Waals surface area contributed by atoms with Gasteiger partial charge in [-0.1, -0.05) is 23.6 Å². The molecule has 28 heavy (non-hydrogen) atoms. The van der Waals surface area contributed by atoms with E-state index in [4.69, 9.17) is 15.7 Å². The highest BCUT2D eigenvalue weighted by atomic mass is 28.4. The molecule has 0 saturated heterocycles. The van der Waals surface area contributed by atoms with Crippen LogP contribution in [-0.4, -0.2) is 26.7 Å². The van der Waals surface area contributed by atoms with Gasteiger partial charge in [0.2, 0.25) is 0 Å². The lowest BCUT2D eigenvalue weighted by Crippen LogP contribution is -2.56. The Hall–Kier alpha value is -1.05. The van der Waals surface area contributed by atoms with Gasteiger partial charge in [-0.2, -0.15) is 0 Å². The molecule has 4 rings (SSSR count). The fourth-order valence-corrected chi connectivity index (χ4v) is 8.78. The maximum atomic E-state index is 6.80. The molecule has 0 heterocycles. The summed E-state index contributed by atoms with van der Waals surface area (Å²) < 4.78 is 6.80. The molecule has 0 radical (unpaired) electrons. The Balaban J connectivity index is 1.60. The number of rotatable bonds is 3. The Morgan fingerprint density at radius 1 is 1.11 bits per heavy atom. The third-order valence-electron chi connectivity index (χ3n) is 8.36. The third kappa shape index (κ3) is 3.10. The van der Waals surface area contributed by atoms with Crippen LogP contribution in [0.15, 0.2) is 16.8 Å². The Morgan fingerprint density at radius 2 is 1.89 bits per heavy atom. The minimum Gasteiger partial charge on any atom is -0.401 e. The number of hydrogen-bond acceptors (Lipinski definition) is 3. The van der Waals surface area contributed by atoms with Crippen LogP contribution in [-0.2, 0) is 9.26 Å². The molecule has 0 amide bonds. The van der Waals surface area contributed by atoms with Crippen molar-refractivity contribution in [3.63, 3.8) is 0 Å². The van der Waals surface area contributed by atoms with E-state index in [0.29, 0.717) is 5.92 Å². The van der Waals surface area contributed by atoms with Gasteiger partial charge in [0.05, 0.1) is 5.71 Å². The van der Waals surface area contributed by atoms with Gasteiger partial charge in [0.25, 0.3) is 0 Å². The number of allylic oxidation sites excluding steroid dienone is 2. The van der Waals surface area contributed by atoms with E-state index in [-0.39, 0.29) is 11.0 Å². The molecule has 0 aromatic rings. The van der Waals surface area contributed by atoms with Gasteiger partial charge >= 0.3 is 0 Å². The molecule has 0 aliphatic heterocycles. The minimum absolute atomic E-state index is 0.141. The third-order valence-corrected chi connectivity index (χ3v) is 9.32. The number of hydrogen-bond donors (Lipinski definition) is 0. The monoisotopic (exact) mass is 399 g/mol. The summed E-state index contributed by atoms with van der Waals surface area (Å²) in [4.78, 5) is 5.03. The van der Waals surface area contributed by atoms with Gasteiger partial charge in [0.15, 0.2) is 8.32 Å². The fourth-order valence-electron chi connectivity index (χ4n) is 7.34. The van der Waals surface area contributed by atoms with Crippen LogP contribution in [0.2, 0.25) is 19.6 Å². The van der Waals surface area contributed by atoms with E-state index < -0.39 is 8.32 Å². The first-order chi connectivity index (χ1) is 13.2. The van der Waals surface area contributed by atoms with Crippen LogP contribution in [0, 0.1) is 41.4 Å². The molecule has 4 aliphatic carbocycles. The Bertz CT molecular complexity index is 730. The van der Waals surface area contributed by atoms with Crippen molar-refractivity contribution in [3.8, 4) is 12.3 Å². The summed E-state index contributed by atoms with van der Waals surface area (Å²) in [7, 11) is -0.0531. The first-order valence-corrected chi connectivity index (χ1v) is 14.6. The van der Waals surface area contributed by atoms with Gasteiger partial charge in [0, 0.05) is 5.41 Å². The zero-order valence-corrected chi connectivity index (χ0v) is 19.4. The maximum absolute atomic E-state index is 6.80. The van der Waals surface area contributed by atoms with Crippen molar-refractivity contribution in [2.24, 2.45) is 34.2 Å². The maximum Gasteiger partial charge on any atom is 0.185 e. The molecule has 0 bridgehead atoms. The van der Waals surface area contributed by atoms with E-state index in [2.05, 4.69) is 43.7 Å². The molecule has 6 atom stereocenters. The van der Waals surface area contributed by atoms with Crippen LogP contribution in [0.5, 0.6) is 0 Å². The van der Waals surface area contributed by atoms with Crippen molar-refractivity contribution in [1.29, 1.82) is 0 Å². The van der Waals surface area contributed by atoms with E-state index in [1.807, 2.05) is 0 Å². The van der Waals surface area contributed by atoms with Crippen molar-refractivity contribution in [1.82, 2.24) is 0 Å². The number of terminal acetylenes is 1. The molecule has 3 fully saturated rings. The predicted octanol–water partition coefficient (Wildman–Crippen LogP) is 5.79. The summed E-state index contributed by atoms with van der Waals surface area (Å²) in [6.07, 6.45) is 18.2. The van der Waals surface area contributed by atoms with Crippen molar-refractivity contribution >= 4 is 14.0 Å². The Kier molecular flexibility index (Phi) is 5.07. The average Bonchev–Trinajstić information content (AvgIpc) is 2.93. The van der Waals surface area contributed by atoms with Crippen LogP contribution in [0.1, 0.15) is 58.3 Å². The van der Waals surface area contributed by atoms with Gasteiger partial charge in [0.1, 0.15) is 12.7 Å². The molecule has 0 spiro atoms. The lowest BCUT2D eigenvalue weighted by Gasteiger charge is -2.56. The van der Waals surface area contributed by atoms with Gasteiger partial charge in [-0.25, -0.2) is 0 Å². The Morgan fingerprint density at radius 3 is 2.57 bits per heavy atom. The molecule has 3 saturated carbocycles. The fraction of sp³-hybridized carbons (Fsp3) is 0.792. The molecule has 154 valence electrons. The van der Waals surface area contributed by atoms with Crippen LogP contribution in [0.25, 0.3) is 0 Å². The predicted molar refractivity (Wildman–Crippen MR) is 118 cm³/mol. The van der Waals surface area contributed by atoms with Crippen molar-refractivity contribution in [2.45, 2.75) is 83.5 Å². The zero-order chi connectivity index (χ0) is 20.2. The van der Waals surface area contributed by atoms with E-state index >= 15 is 0 Å². The van der Waals surface area contributed by atoms with E-state index in [1.54, 1.807) is 12.7 Å². The molecule has 0 aromatic carbocycles. The van der Waals surface area contributed by atoms with Gasteiger partial charge in [-0.05, 0) is 101 Å². The molecular formula is C24H37NO2Si. The lowest BCUT2D eigenvalue weighted by atomic mass is 9.50. The smallest absolute Gasteiger partial charge is 0.185 e. The summed E-state index contributed by atoms with van der Waals surface area (Å²) in [5.41, 5.74) is 2.56. The second-order valence-corrected chi connectivity index (χ2v) is 15.2. The van der Waals surface area contributed by atoms with E-state index in [0.717, 1.165) is 36.3 Å². The molecule has 4 heteroatoms. The summed E-state index contributed by atoms with van der Waals surface area (Å²) in [5.74, 6) is 6.31.